The molecule has 0 aromatic carbocycles. The molecule has 88 valence electrons. The van der Waals surface area contributed by atoms with E-state index in [0.29, 0.717) is 0 Å². The van der Waals surface area contributed by atoms with Crippen LogP contribution in [0.25, 0.3) is 0 Å². The Kier molecular flexibility index (Phi) is 13.0. The average Bonchev–Trinajstić information content (AvgIpc) is 2.82. The van der Waals surface area contributed by atoms with Gasteiger partial charge in [-0.15, -0.1) is 6.58 Å². The van der Waals surface area contributed by atoms with E-state index in [9.17, 15) is 0 Å². The summed E-state index contributed by atoms with van der Waals surface area (Å²) >= 11 is 0. The summed E-state index contributed by atoms with van der Waals surface area (Å²) in [4.78, 5) is 0. The van der Waals surface area contributed by atoms with E-state index in [1.807, 2.05) is 6.08 Å². The maximum Gasteiger partial charge on any atom is -0.0348 e. The van der Waals surface area contributed by atoms with Gasteiger partial charge in [-0.05, 0) is 32.1 Å². The number of rotatable bonds is 7. The standard InChI is InChI=1S/C10H20.C5H8/c1-3-5-7-9-10-8-6-4-2;1-2-4-5-3-1/h3H,1,4-10H2,2H3;1-2H,3-5H2. The fourth-order valence-corrected chi connectivity index (χ4v) is 1.66. The lowest BCUT2D eigenvalue weighted by atomic mass is 10.1. The quantitative estimate of drug-likeness (QED) is 0.374. The van der Waals surface area contributed by atoms with Crippen LogP contribution in [0.1, 0.15) is 71.1 Å². The van der Waals surface area contributed by atoms with Gasteiger partial charge in [0.2, 0.25) is 0 Å². The van der Waals surface area contributed by atoms with Crippen molar-refractivity contribution in [3.05, 3.63) is 24.8 Å². The smallest absolute Gasteiger partial charge is 0.0348 e. The number of hydrogen-bond donors (Lipinski definition) is 0. The highest BCUT2D eigenvalue weighted by atomic mass is 13.9. The molecule has 1 rings (SSSR count). The molecule has 0 nitrogen and oxygen atoms in total. The summed E-state index contributed by atoms with van der Waals surface area (Å²) in [5.74, 6) is 0. The van der Waals surface area contributed by atoms with Crippen LogP contribution < -0.4 is 0 Å². The SMILES string of the molecule is C1=CCCC1.C=CCCCCCCCC. The van der Waals surface area contributed by atoms with Gasteiger partial charge in [0, 0.05) is 0 Å². The summed E-state index contributed by atoms with van der Waals surface area (Å²) in [6.45, 7) is 5.95. The molecule has 0 fully saturated rings. The van der Waals surface area contributed by atoms with Crippen molar-refractivity contribution in [1.82, 2.24) is 0 Å². The zero-order chi connectivity index (χ0) is 11.2. The Balaban J connectivity index is 0.000000322. The van der Waals surface area contributed by atoms with Crippen LogP contribution in [0.4, 0.5) is 0 Å². The van der Waals surface area contributed by atoms with Crippen molar-refractivity contribution in [2.24, 2.45) is 0 Å². The fourth-order valence-electron chi connectivity index (χ4n) is 1.66. The molecule has 15 heavy (non-hydrogen) atoms. The van der Waals surface area contributed by atoms with Gasteiger partial charge < -0.3 is 0 Å². The molecule has 0 bridgehead atoms. The van der Waals surface area contributed by atoms with Crippen LogP contribution in [-0.4, -0.2) is 0 Å². The Hall–Kier alpha value is -0.520. The van der Waals surface area contributed by atoms with Crippen molar-refractivity contribution in [3.8, 4) is 0 Å². The van der Waals surface area contributed by atoms with Gasteiger partial charge in [0.05, 0.1) is 0 Å². The summed E-state index contributed by atoms with van der Waals surface area (Å²) < 4.78 is 0. The first-order chi connectivity index (χ1) is 7.41. The van der Waals surface area contributed by atoms with Crippen molar-refractivity contribution in [2.45, 2.75) is 71.1 Å². The normalized spacial score (nSPS) is 13.4. The molecule has 0 radical (unpaired) electrons. The number of hydrogen-bond acceptors (Lipinski definition) is 0. The molecule has 0 amide bonds. The van der Waals surface area contributed by atoms with Gasteiger partial charge in [0.1, 0.15) is 0 Å². The van der Waals surface area contributed by atoms with E-state index < -0.39 is 0 Å². The summed E-state index contributed by atoms with van der Waals surface area (Å²) in [5, 5.41) is 0. The summed E-state index contributed by atoms with van der Waals surface area (Å²) in [7, 11) is 0. The fraction of sp³-hybridized carbons (Fsp3) is 0.733. The van der Waals surface area contributed by atoms with E-state index in [1.165, 1.54) is 64.2 Å². The van der Waals surface area contributed by atoms with Crippen molar-refractivity contribution >= 4 is 0 Å². The van der Waals surface area contributed by atoms with E-state index in [4.69, 9.17) is 0 Å². The van der Waals surface area contributed by atoms with Gasteiger partial charge in [0.15, 0.2) is 0 Å². The first-order valence-corrected chi connectivity index (χ1v) is 6.67. The van der Waals surface area contributed by atoms with Crippen LogP contribution in [0, 0.1) is 0 Å². The van der Waals surface area contributed by atoms with E-state index in [2.05, 4.69) is 25.7 Å². The van der Waals surface area contributed by atoms with Crippen molar-refractivity contribution in [3.63, 3.8) is 0 Å². The minimum atomic E-state index is 1.20. The zero-order valence-corrected chi connectivity index (χ0v) is 10.5. The molecule has 0 N–H and O–H groups in total. The second-order valence-electron chi connectivity index (χ2n) is 4.25. The highest BCUT2D eigenvalue weighted by Gasteiger charge is 1.86. The Morgan fingerprint density at radius 1 is 1.00 bits per heavy atom. The van der Waals surface area contributed by atoms with Crippen LogP contribution >= 0.6 is 0 Å². The van der Waals surface area contributed by atoms with Gasteiger partial charge in [-0.3, -0.25) is 0 Å². The van der Waals surface area contributed by atoms with Crippen molar-refractivity contribution in [2.75, 3.05) is 0 Å². The lowest BCUT2D eigenvalue weighted by molar-refractivity contribution is 0.611. The third-order valence-electron chi connectivity index (χ3n) is 2.67. The Labute approximate surface area is 96.5 Å². The first-order valence-electron chi connectivity index (χ1n) is 6.67. The molecule has 1 aliphatic carbocycles. The maximum atomic E-state index is 3.69. The topological polar surface area (TPSA) is 0 Å². The van der Waals surface area contributed by atoms with Gasteiger partial charge in [0.25, 0.3) is 0 Å². The molecule has 0 aromatic rings. The monoisotopic (exact) mass is 208 g/mol. The molecule has 0 unspecified atom stereocenters. The predicted octanol–water partition coefficient (Wildman–Crippen LogP) is 5.65. The minimum absolute atomic E-state index is 1.20. The Bertz CT molecular complexity index is 138. The van der Waals surface area contributed by atoms with Crippen LogP contribution in [-0.2, 0) is 0 Å². The molecule has 0 saturated carbocycles. The predicted molar refractivity (Wildman–Crippen MR) is 71.2 cm³/mol. The molecular weight excluding hydrogens is 180 g/mol. The van der Waals surface area contributed by atoms with Crippen molar-refractivity contribution in [1.29, 1.82) is 0 Å². The molecule has 0 aromatic heterocycles. The van der Waals surface area contributed by atoms with Crippen LogP contribution in [0.3, 0.4) is 0 Å². The zero-order valence-electron chi connectivity index (χ0n) is 10.5. The minimum Gasteiger partial charge on any atom is -0.103 e. The first kappa shape index (κ1) is 14.5. The van der Waals surface area contributed by atoms with Gasteiger partial charge in [-0.25, -0.2) is 0 Å². The summed E-state index contributed by atoms with van der Waals surface area (Å²) in [5.41, 5.74) is 0. The third kappa shape index (κ3) is 13.5. The second kappa shape index (κ2) is 13.5. The molecule has 0 atom stereocenters. The highest BCUT2D eigenvalue weighted by molar-refractivity contribution is 4.88. The second-order valence-corrected chi connectivity index (χ2v) is 4.25. The molecule has 0 aliphatic heterocycles. The largest absolute Gasteiger partial charge is 0.103 e. The summed E-state index contributed by atoms with van der Waals surface area (Å²) in [6, 6.07) is 0. The Morgan fingerprint density at radius 2 is 1.60 bits per heavy atom. The summed E-state index contributed by atoms with van der Waals surface area (Å²) in [6.07, 6.45) is 20.1. The maximum absolute atomic E-state index is 3.69. The van der Waals surface area contributed by atoms with Gasteiger partial charge in [-0.1, -0.05) is 57.3 Å². The molecule has 0 saturated heterocycles. The molecule has 0 spiro atoms. The molecule has 0 heteroatoms. The lowest BCUT2D eigenvalue weighted by Crippen LogP contribution is -1.76. The van der Waals surface area contributed by atoms with Gasteiger partial charge >= 0.3 is 0 Å². The van der Waals surface area contributed by atoms with Crippen LogP contribution in [0.2, 0.25) is 0 Å². The highest BCUT2D eigenvalue weighted by Crippen LogP contribution is 2.06. The molecule has 1 aliphatic rings. The van der Waals surface area contributed by atoms with Crippen LogP contribution in [0.15, 0.2) is 24.8 Å². The molecule has 0 heterocycles. The van der Waals surface area contributed by atoms with Crippen LogP contribution in [0.5, 0.6) is 0 Å². The van der Waals surface area contributed by atoms with E-state index in [1.54, 1.807) is 0 Å². The Morgan fingerprint density at radius 3 is 2.07 bits per heavy atom. The van der Waals surface area contributed by atoms with Crippen molar-refractivity contribution < 1.29 is 0 Å². The average molecular weight is 208 g/mol. The number of unbranched alkanes of at least 4 members (excludes halogenated alkanes) is 6. The molecular formula is C15H28. The lowest BCUT2D eigenvalue weighted by Gasteiger charge is -1.96. The third-order valence-corrected chi connectivity index (χ3v) is 2.67. The van der Waals surface area contributed by atoms with E-state index >= 15 is 0 Å². The number of allylic oxidation sites excluding steroid dienone is 3. The van der Waals surface area contributed by atoms with E-state index in [-0.39, 0.29) is 0 Å². The van der Waals surface area contributed by atoms with Gasteiger partial charge in [-0.2, -0.15) is 0 Å². The van der Waals surface area contributed by atoms with E-state index in [0.717, 1.165) is 0 Å².